The van der Waals surface area contributed by atoms with Crippen LogP contribution in [-0.4, -0.2) is 36.5 Å². The number of amides is 1. The molecule has 1 heterocycles. The Bertz CT molecular complexity index is 441. The maximum absolute atomic E-state index is 12.1. The second-order valence-electron chi connectivity index (χ2n) is 6.18. The fourth-order valence-electron chi connectivity index (χ4n) is 2.80. The molecule has 1 fully saturated rings. The molecule has 1 unspecified atom stereocenters. The smallest absolute Gasteiger partial charge is 0.237 e. The van der Waals surface area contributed by atoms with Gasteiger partial charge in [-0.25, -0.2) is 0 Å². The Morgan fingerprint density at radius 3 is 2.43 bits per heavy atom. The SMILES string of the molecule is CC(C)[C@H](N)C(=O)NCC(c1ccccc1)N1CCCC1. The zero-order chi connectivity index (χ0) is 15.2. The Labute approximate surface area is 127 Å². The van der Waals surface area contributed by atoms with Gasteiger partial charge in [0.05, 0.1) is 12.1 Å². The predicted molar refractivity (Wildman–Crippen MR) is 85.8 cm³/mol. The van der Waals surface area contributed by atoms with E-state index in [1.807, 2.05) is 19.9 Å². The second kappa shape index (κ2) is 7.57. The third-order valence-corrected chi connectivity index (χ3v) is 4.26. The molecule has 2 atom stereocenters. The molecule has 0 saturated carbocycles. The molecule has 4 nitrogen and oxygen atoms in total. The molecular formula is C17H27N3O. The number of nitrogens with two attached hydrogens (primary N) is 1. The van der Waals surface area contributed by atoms with E-state index in [0.29, 0.717) is 6.54 Å². The van der Waals surface area contributed by atoms with Crippen molar-refractivity contribution >= 4 is 5.91 Å². The van der Waals surface area contributed by atoms with Gasteiger partial charge in [0.25, 0.3) is 0 Å². The summed E-state index contributed by atoms with van der Waals surface area (Å²) in [6, 6.07) is 10.2. The number of hydrogen-bond acceptors (Lipinski definition) is 3. The van der Waals surface area contributed by atoms with E-state index in [-0.39, 0.29) is 17.9 Å². The lowest BCUT2D eigenvalue weighted by Gasteiger charge is -2.29. The summed E-state index contributed by atoms with van der Waals surface area (Å²) in [5, 5.41) is 3.03. The third kappa shape index (κ3) is 4.29. The Morgan fingerprint density at radius 2 is 1.86 bits per heavy atom. The minimum atomic E-state index is -0.431. The molecule has 1 aliphatic rings. The van der Waals surface area contributed by atoms with Crippen molar-refractivity contribution in [1.82, 2.24) is 10.2 Å². The first-order valence-electron chi connectivity index (χ1n) is 7.92. The maximum atomic E-state index is 12.1. The number of carbonyl (C=O) groups is 1. The molecule has 1 saturated heterocycles. The molecular weight excluding hydrogens is 262 g/mol. The molecule has 0 aromatic heterocycles. The molecule has 0 spiro atoms. The fraction of sp³-hybridized carbons (Fsp3) is 0.588. The van der Waals surface area contributed by atoms with Crippen LogP contribution in [0.3, 0.4) is 0 Å². The van der Waals surface area contributed by atoms with E-state index in [1.165, 1.54) is 18.4 Å². The normalized spacial score (nSPS) is 18.7. The highest BCUT2D eigenvalue weighted by atomic mass is 16.2. The van der Waals surface area contributed by atoms with Gasteiger partial charge in [-0.05, 0) is 37.4 Å². The van der Waals surface area contributed by atoms with Crippen LogP contribution in [0, 0.1) is 5.92 Å². The summed E-state index contributed by atoms with van der Waals surface area (Å²) in [5.74, 6) is 0.108. The number of nitrogens with one attached hydrogen (secondary N) is 1. The number of rotatable bonds is 6. The molecule has 4 heteroatoms. The lowest BCUT2D eigenvalue weighted by Crippen LogP contribution is -2.46. The van der Waals surface area contributed by atoms with Gasteiger partial charge in [0.1, 0.15) is 0 Å². The first-order chi connectivity index (χ1) is 10.1. The van der Waals surface area contributed by atoms with Crippen LogP contribution in [0.25, 0.3) is 0 Å². The number of likely N-dealkylation sites (tertiary alicyclic amines) is 1. The molecule has 1 aromatic rings. The molecule has 116 valence electrons. The molecule has 1 amide bonds. The summed E-state index contributed by atoms with van der Waals surface area (Å²) in [4.78, 5) is 14.5. The largest absolute Gasteiger partial charge is 0.353 e. The van der Waals surface area contributed by atoms with Crippen LogP contribution >= 0.6 is 0 Å². The van der Waals surface area contributed by atoms with E-state index in [4.69, 9.17) is 5.73 Å². The molecule has 0 bridgehead atoms. The van der Waals surface area contributed by atoms with Crippen molar-refractivity contribution < 1.29 is 4.79 Å². The molecule has 0 radical (unpaired) electrons. The highest BCUT2D eigenvalue weighted by Crippen LogP contribution is 2.24. The van der Waals surface area contributed by atoms with Gasteiger partial charge in [0, 0.05) is 6.54 Å². The summed E-state index contributed by atoms with van der Waals surface area (Å²) in [7, 11) is 0. The first kappa shape index (κ1) is 16.0. The second-order valence-corrected chi connectivity index (χ2v) is 6.18. The topological polar surface area (TPSA) is 58.4 Å². The summed E-state index contributed by atoms with van der Waals surface area (Å²) in [6.07, 6.45) is 2.48. The zero-order valence-electron chi connectivity index (χ0n) is 13.1. The van der Waals surface area contributed by atoms with Crippen LogP contribution in [0.4, 0.5) is 0 Å². The van der Waals surface area contributed by atoms with E-state index >= 15 is 0 Å². The van der Waals surface area contributed by atoms with Crippen LogP contribution in [-0.2, 0) is 4.79 Å². The summed E-state index contributed by atoms with van der Waals surface area (Å²) in [6.45, 7) is 6.78. The molecule has 1 aromatic carbocycles. The minimum absolute atomic E-state index is 0.0508. The molecule has 3 N–H and O–H groups in total. The number of carbonyl (C=O) groups excluding carboxylic acids is 1. The summed E-state index contributed by atoms with van der Waals surface area (Å²) in [5.41, 5.74) is 7.17. The summed E-state index contributed by atoms with van der Waals surface area (Å²) < 4.78 is 0. The van der Waals surface area contributed by atoms with Gasteiger partial charge in [-0.15, -0.1) is 0 Å². The van der Waals surface area contributed by atoms with Gasteiger partial charge < -0.3 is 11.1 Å². The van der Waals surface area contributed by atoms with Gasteiger partial charge in [-0.2, -0.15) is 0 Å². The van der Waals surface area contributed by atoms with Crippen molar-refractivity contribution in [2.45, 2.75) is 38.8 Å². The molecule has 2 rings (SSSR count). The van der Waals surface area contributed by atoms with Gasteiger partial charge >= 0.3 is 0 Å². The average molecular weight is 289 g/mol. The van der Waals surface area contributed by atoms with Crippen molar-refractivity contribution in [3.63, 3.8) is 0 Å². The Balaban J connectivity index is 2.01. The van der Waals surface area contributed by atoms with Crippen molar-refractivity contribution in [3.8, 4) is 0 Å². The zero-order valence-corrected chi connectivity index (χ0v) is 13.1. The standard InChI is InChI=1S/C17H27N3O/c1-13(2)16(18)17(21)19-12-15(20-10-6-7-11-20)14-8-4-3-5-9-14/h3-5,8-9,13,15-16H,6-7,10-12,18H2,1-2H3,(H,19,21)/t15?,16-/m0/s1. The highest BCUT2D eigenvalue weighted by molar-refractivity contribution is 5.81. The Morgan fingerprint density at radius 1 is 1.24 bits per heavy atom. The van der Waals surface area contributed by atoms with Crippen LogP contribution in [0.2, 0.25) is 0 Å². The summed E-state index contributed by atoms with van der Waals surface area (Å²) >= 11 is 0. The quantitative estimate of drug-likeness (QED) is 0.841. The van der Waals surface area contributed by atoms with Gasteiger partial charge in [0.15, 0.2) is 0 Å². The lowest BCUT2D eigenvalue weighted by molar-refractivity contribution is -0.123. The van der Waals surface area contributed by atoms with Gasteiger partial charge in [-0.3, -0.25) is 9.69 Å². The predicted octanol–water partition coefficient (Wildman–Crippen LogP) is 1.92. The molecule has 0 aliphatic carbocycles. The number of nitrogens with zero attached hydrogens (tertiary/aromatic N) is 1. The monoisotopic (exact) mass is 289 g/mol. The highest BCUT2D eigenvalue weighted by Gasteiger charge is 2.25. The third-order valence-electron chi connectivity index (χ3n) is 4.26. The van der Waals surface area contributed by atoms with Crippen molar-refractivity contribution in [3.05, 3.63) is 35.9 Å². The van der Waals surface area contributed by atoms with Crippen LogP contribution in [0.5, 0.6) is 0 Å². The van der Waals surface area contributed by atoms with Crippen LogP contribution < -0.4 is 11.1 Å². The number of hydrogen-bond donors (Lipinski definition) is 2. The molecule has 21 heavy (non-hydrogen) atoms. The number of benzene rings is 1. The Kier molecular flexibility index (Phi) is 5.76. The minimum Gasteiger partial charge on any atom is -0.353 e. The van der Waals surface area contributed by atoms with E-state index in [2.05, 4.69) is 34.5 Å². The van der Waals surface area contributed by atoms with Crippen LogP contribution in [0.1, 0.15) is 38.3 Å². The van der Waals surface area contributed by atoms with Crippen molar-refractivity contribution in [2.75, 3.05) is 19.6 Å². The average Bonchev–Trinajstić information content (AvgIpc) is 3.01. The van der Waals surface area contributed by atoms with E-state index < -0.39 is 6.04 Å². The van der Waals surface area contributed by atoms with Crippen LogP contribution in [0.15, 0.2) is 30.3 Å². The van der Waals surface area contributed by atoms with Gasteiger partial charge in [0.2, 0.25) is 5.91 Å². The van der Waals surface area contributed by atoms with Crippen molar-refractivity contribution in [1.29, 1.82) is 0 Å². The first-order valence-corrected chi connectivity index (χ1v) is 7.92. The Hall–Kier alpha value is -1.39. The van der Waals surface area contributed by atoms with E-state index in [1.54, 1.807) is 0 Å². The van der Waals surface area contributed by atoms with Gasteiger partial charge in [-0.1, -0.05) is 44.2 Å². The van der Waals surface area contributed by atoms with E-state index in [0.717, 1.165) is 13.1 Å². The van der Waals surface area contributed by atoms with Crippen molar-refractivity contribution in [2.24, 2.45) is 11.7 Å². The van der Waals surface area contributed by atoms with E-state index in [9.17, 15) is 4.79 Å². The molecule has 1 aliphatic heterocycles. The maximum Gasteiger partial charge on any atom is 0.237 e. The lowest BCUT2D eigenvalue weighted by atomic mass is 10.0. The fourth-order valence-corrected chi connectivity index (χ4v) is 2.80.